The Labute approximate surface area is 105 Å². The van der Waals surface area contributed by atoms with Gasteiger partial charge in [0, 0.05) is 5.92 Å². The van der Waals surface area contributed by atoms with E-state index in [1.54, 1.807) is 43.3 Å². The summed E-state index contributed by atoms with van der Waals surface area (Å²) in [7, 11) is 0. The highest BCUT2D eigenvalue weighted by molar-refractivity contribution is 5.95. The molecular weight excluding hydrogens is 232 g/mol. The zero-order valence-electron chi connectivity index (χ0n) is 10.3. The van der Waals surface area contributed by atoms with Crippen molar-refractivity contribution < 1.29 is 19.1 Å². The third-order valence-electron chi connectivity index (χ3n) is 2.86. The van der Waals surface area contributed by atoms with Gasteiger partial charge in [0.15, 0.2) is 0 Å². The van der Waals surface area contributed by atoms with Crippen LogP contribution in [-0.2, 0) is 14.3 Å². The number of hydrogen-bond acceptors (Lipinski definition) is 4. The van der Waals surface area contributed by atoms with Crippen molar-refractivity contribution in [1.82, 2.24) is 0 Å². The Morgan fingerprint density at radius 1 is 1.22 bits per heavy atom. The van der Waals surface area contributed by atoms with E-state index in [1.807, 2.05) is 6.92 Å². The minimum Gasteiger partial charge on any atom is -0.456 e. The van der Waals surface area contributed by atoms with Crippen molar-refractivity contribution in [3.8, 4) is 0 Å². The Hall–Kier alpha value is -2.10. The van der Waals surface area contributed by atoms with Gasteiger partial charge in [0.1, 0.15) is 6.10 Å². The molecule has 18 heavy (non-hydrogen) atoms. The molecule has 2 atom stereocenters. The van der Waals surface area contributed by atoms with Crippen molar-refractivity contribution in [1.29, 1.82) is 0 Å². The van der Waals surface area contributed by atoms with Gasteiger partial charge in [-0.1, -0.05) is 25.1 Å². The Morgan fingerprint density at radius 3 is 2.56 bits per heavy atom. The fraction of sp³-hybridized carbons (Fsp3) is 0.286. The molecule has 4 heteroatoms. The topological polar surface area (TPSA) is 52.6 Å². The lowest BCUT2D eigenvalue weighted by molar-refractivity contribution is -0.150. The highest BCUT2D eigenvalue weighted by atomic mass is 16.6. The average Bonchev–Trinajstić information content (AvgIpc) is 2.37. The Balaban J connectivity index is 2.12. The first kappa shape index (κ1) is 12.4. The summed E-state index contributed by atoms with van der Waals surface area (Å²) < 4.78 is 10.1. The molecule has 94 valence electrons. The highest BCUT2D eigenvalue weighted by Crippen LogP contribution is 2.21. The van der Waals surface area contributed by atoms with Crippen LogP contribution in [-0.4, -0.2) is 18.0 Å². The summed E-state index contributed by atoms with van der Waals surface area (Å²) in [6.07, 6.45) is 1.42. The Bertz CT molecular complexity index is 490. The van der Waals surface area contributed by atoms with Gasteiger partial charge in [-0.3, -0.25) is 0 Å². The van der Waals surface area contributed by atoms with Gasteiger partial charge in [0.05, 0.1) is 5.56 Å². The van der Waals surface area contributed by atoms with E-state index in [9.17, 15) is 9.59 Å². The van der Waals surface area contributed by atoms with E-state index in [0.717, 1.165) is 0 Å². The quantitative estimate of drug-likeness (QED) is 0.751. The standard InChI is InChI=1S/C14H14O4/c1-9-8-12(14(16)17-10(9)2)18-13(15)11-6-4-3-5-7-11/h3-10H,1-2H3/t9-,10?/m1/s1. The van der Waals surface area contributed by atoms with E-state index < -0.39 is 11.9 Å². The monoisotopic (exact) mass is 246 g/mol. The van der Waals surface area contributed by atoms with Gasteiger partial charge in [-0.05, 0) is 25.1 Å². The number of cyclic esters (lactones) is 1. The summed E-state index contributed by atoms with van der Waals surface area (Å²) in [6, 6.07) is 8.52. The van der Waals surface area contributed by atoms with E-state index in [1.165, 1.54) is 0 Å². The molecule has 0 radical (unpaired) electrons. The molecule has 0 bridgehead atoms. The predicted octanol–water partition coefficient (Wildman–Crippen LogP) is 2.31. The molecule has 1 aromatic carbocycles. The molecule has 0 spiro atoms. The number of carbonyl (C=O) groups excluding carboxylic acids is 2. The summed E-state index contributed by atoms with van der Waals surface area (Å²) in [5.74, 6) is -1.15. The van der Waals surface area contributed by atoms with Crippen LogP contribution < -0.4 is 0 Å². The SMILES string of the molecule is CC1OC(=O)C(OC(=O)c2ccccc2)=C[C@H]1C. The summed E-state index contributed by atoms with van der Waals surface area (Å²) in [5.41, 5.74) is 0.400. The van der Waals surface area contributed by atoms with Gasteiger partial charge in [-0.25, -0.2) is 9.59 Å². The fourth-order valence-electron chi connectivity index (χ4n) is 1.59. The van der Waals surface area contributed by atoms with Gasteiger partial charge in [0.2, 0.25) is 5.76 Å². The zero-order chi connectivity index (χ0) is 13.1. The van der Waals surface area contributed by atoms with Crippen LogP contribution in [0.1, 0.15) is 24.2 Å². The molecule has 1 unspecified atom stereocenters. The van der Waals surface area contributed by atoms with Crippen LogP contribution in [0.25, 0.3) is 0 Å². The number of hydrogen-bond donors (Lipinski definition) is 0. The molecule has 0 saturated carbocycles. The van der Waals surface area contributed by atoms with Crippen LogP contribution in [0, 0.1) is 5.92 Å². The minimum atomic E-state index is -0.593. The summed E-state index contributed by atoms with van der Waals surface area (Å²) in [4.78, 5) is 23.3. The lowest BCUT2D eigenvalue weighted by atomic mass is 10.0. The van der Waals surface area contributed by atoms with Crippen molar-refractivity contribution >= 4 is 11.9 Å². The lowest BCUT2D eigenvalue weighted by Crippen LogP contribution is -2.29. The molecular formula is C14H14O4. The van der Waals surface area contributed by atoms with E-state index in [0.29, 0.717) is 5.56 Å². The zero-order valence-corrected chi connectivity index (χ0v) is 10.3. The molecule has 1 aliphatic heterocycles. The van der Waals surface area contributed by atoms with Gasteiger partial charge >= 0.3 is 11.9 Å². The van der Waals surface area contributed by atoms with E-state index in [4.69, 9.17) is 9.47 Å². The second-order valence-electron chi connectivity index (χ2n) is 4.26. The van der Waals surface area contributed by atoms with Gasteiger partial charge in [0.25, 0.3) is 0 Å². The summed E-state index contributed by atoms with van der Waals surface area (Å²) in [5, 5.41) is 0. The first-order valence-corrected chi connectivity index (χ1v) is 5.78. The van der Waals surface area contributed by atoms with Gasteiger partial charge < -0.3 is 9.47 Å². The average molecular weight is 246 g/mol. The summed E-state index contributed by atoms with van der Waals surface area (Å²) >= 11 is 0. The molecule has 0 amide bonds. The molecule has 0 fully saturated rings. The number of esters is 2. The highest BCUT2D eigenvalue weighted by Gasteiger charge is 2.28. The van der Waals surface area contributed by atoms with Crippen LogP contribution in [0.3, 0.4) is 0 Å². The maximum Gasteiger partial charge on any atom is 0.374 e. The van der Waals surface area contributed by atoms with Gasteiger partial charge in [-0.2, -0.15) is 0 Å². The van der Waals surface area contributed by atoms with Crippen molar-refractivity contribution in [3.05, 3.63) is 47.7 Å². The molecule has 1 aromatic rings. The molecule has 0 saturated heterocycles. The Kier molecular flexibility index (Phi) is 3.46. The molecule has 2 rings (SSSR count). The Morgan fingerprint density at radius 2 is 1.89 bits per heavy atom. The lowest BCUT2D eigenvalue weighted by Gasteiger charge is -2.23. The second-order valence-corrected chi connectivity index (χ2v) is 4.26. The third-order valence-corrected chi connectivity index (χ3v) is 2.86. The minimum absolute atomic E-state index is 0.0290. The first-order chi connectivity index (χ1) is 8.58. The molecule has 1 aliphatic rings. The van der Waals surface area contributed by atoms with E-state index in [-0.39, 0.29) is 17.8 Å². The number of rotatable bonds is 2. The van der Waals surface area contributed by atoms with E-state index >= 15 is 0 Å². The fourth-order valence-corrected chi connectivity index (χ4v) is 1.59. The van der Waals surface area contributed by atoms with Crippen LogP contribution >= 0.6 is 0 Å². The summed E-state index contributed by atoms with van der Waals surface area (Å²) in [6.45, 7) is 3.70. The van der Waals surface area contributed by atoms with Crippen molar-refractivity contribution in [2.24, 2.45) is 5.92 Å². The maximum absolute atomic E-state index is 11.8. The first-order valence-electron chi connectivity index (χ1n) is 5.78. The predicted molar refractivity (Wildman–Crippen MR) is 64.7 cm³/mol. The van der Waals surface area contributed by atoms with Crippen molar-refractivity contribution in [3.63, 3.8) is 0 Å². The number of ether oxygens (including phenoxy) is 2. The molecule has 0 aromatic heterocycles. The molecule has 4 nitrogen and oxygen atoms in total. The second kappa shape index (κ2) is 5.04. The van der Waals surface area contributed by atoms with E-state index in [2.05, 4.69) is 0 Å². The van der Waals surface area contributed by atoms with Gasteiger partial charge in [-0.15, -0.1) is 0 Å². The molecule has 0 aliphatic carbocycles. The van der Waals surface area contributed by atoms with Crippen LogP contribution in [0.5, 0.6) is 0 Å². The van der Waals surface area contributed by atoms with Crippen molar-refractivity contribution in [2.45, 2.75) is 20.0 Å². The van der Waals surface area contributed by atoms with Crippen LogP contribution in [0.4, 0.5) is 0 Å². The molecule has 1 heterocycles. The number of benzene rings is 1. The number of carbonyl (C=O) groups is 2. The molecule has 0 N–H and O–H groups in total. The largest absolute Gasteiger partial charge is 0.456 e. The van der Waals surface area contributed by atoms with Crippen LogP contribution in [0.2, 0.25) is 0 Å². The normalized spacial score (nSPS) is 23.0. The maximum atomic E-state index is 11.8. The van der Waals surface area contributed by atoms with Crippen molar-refractivity contribution in [2.75, 3.05) is 0 Å². The smallest absolute Gasteiger partial charge is 0.374 e. The van der Waals surface area contributed by atoms with Crippen LogP contribution in [0.15, 0.2) is 42.2 Å². The third kappa shape index (κ3) is 2.59.